The Morgan fingerprint density at radius 1 is 1.50 bits per heavy atom. The molecule has 8 heteroatoms. The lowest BCUT2D eigenvalue weighted by Crippen LogP contribution is -2.32. The zero-order valence-corrected chi connectivity index (χ0v) is 12.5. The normalized spacial score (nSPS) is 21.2. The fourth-order valence-electron chi connectivity index (χ4n) is 2.34. The van der Waals surface area contributed by atoms with Crippen LogP contribution in [-0.4, -0.2) is 42.8 Å². The number of rotatable bonds is 4. The van der Waals surface area contributed by atoms with Gasteiger partial charge in [-0.15, -0.1) is 0 Å². The van der Waals surface area contributed by atoms with E-state index in [2.05, 4.69) is 0 Å². The Labute approximate surface area is 122 Å². The van der Waals surface area contributed by atoms with Crippen LogP contribution >= 0.6 is 11.6 Å². The highest BCUT2D eigenvalue weighted by molar-refractivity contribution is 7.91. The van der Waals surface area contributed by atoms with E-state index in [1.807, 2.05) is 11.9 Å². The van der Waals surface area contributed by atoms with Gasteiger partial charge in [0.05, 0.1) is 16.4 Å². The van der Waals surface area contributed by atoms with Crippen LogP contribution in [0.25, 0.3) is 0 Å². The highest BCUT2D eigenvalue weighted by atomic mass is 35.5. The molecule has 1 saturated heterocycles. The molecular formula is C12H15ClN2O4S. The second-order valence-electron chi connectivity index (χ2n) is 5.01. The molecule has 0 radical (unpaired) electrons. The Morgan fingerprint density at radius 3 is 2.70 bits per heavy atom. The zero-order valence-electron chi connectivity index (χ0n) is 11.0. The van der Waals surface area contributed by atoms with E-state index < -0.39 is 14.8 Å². The molecule has 6 nitrogen and oxygen atoms in total. The summed E-state index contributed by atoms with van der Waals surface area (Å²) in [6.07, 6.45) is 0.625. The SMILES string of the molecule is CN(Cc1ccc([N+](=O)[O-])c(Cl)c1)[C@@H]1CCS(=O)(=O)C1. The van der Waals surface area contributed by atoms with Crippen molar-refractivity contribution in [2.24, 2.45) is 0 Å². The van der Waals surface area contributed by atoms with Crippen molar-refractivity contribution < 1.29 is 13.3 Å². The zero-order chi connectivity index (χ0) is 14.9. The summed E-state index contributed by atoms with van der Waals surface area (Å²) < 4.78 is 22.9. The van der Waals surface area contributed by atoms with Crippen LogP contribution in [-0.2, 0) is 16.4 Å². The second-order valence-corrected chi connectivity index (χ2v) is 7.65. The molecule has 1 aliphatic rings. The van der Waals surface area contributed by atoms with E-state index in [9.17, 15) is 18.5 Å². The predicted molar refractivity (Wildman–Crippen MR) is 76.6 cm³/mol. The van der Waals surface area contributed by atoms with Crippen molar-refractivity contribution in [3.63, 3.8) is 0 Å². The molecule has 1 aromatic carbocycles. The van der Waals surface area contributed by atoms with Crippen molar-refractivity contribution >= 4 is 27.1 Å². The molecule has 0 spiro atoms. The number of nitro groups is 1. The fraction of sp³-hybridized carbons (Fsp3) is 0.500. The number of hydrogen-bond donors (Lipinski definition) is 0. The van der Waals surface area contributed by atoms with Crippen molar-refractivity contribution in [3.8, 4) is 0 Å². The Kier molecular flexibility index (Phi) is 4.31. The standard InChI is InChI=1S/C12H15ClN2O4S/c1-14(10-4-5-20(18,19)8-10)7-9-2-3-12(15(16)17)11(13)6-9/h2-3,6,10H,4-5,7-8H2,1H3/t10-/m1/s1. The smallest absolute Gasteiger partial charge is 0.287 e. The van der Waals surface area contributed by atoms with Crippen molar-refractivity contribution in [3.05, 3.63) is 38.9 Å². The number of nitrogens with zero attached hydrogens (tertiary/aromatic N) is 2. The summed E-state index contributed by atoms with van der Waals surface area (Å²) in [6, 6.07) is 4.56. The average Bonchev–Trinajstić information content (AvgIpc) is 2.69. The van der Waals surface area contributed by atoms with E-state index in [4.69, 9.17) is 11.6 Å². The molecule has 1 atom stereocenters. The lowest BCUT2D eigenvalue weighted by atomic mass is 10.1. The first kappa shape index (κ1) is 15.2. The van der Waals surface area contributed by atoms with Gasteiger partial charge in [0.25, 0.3) is 5.69 Å². The van der Waals surface area contributed by atoms with Crippen LogP contribution < -0.4 is 0 Å². The van der Waals surface area contributed by atoms with Crippen molar-refractivity contribution in [2.75, 3.05) is 18.6 Å². The summed E-state index contributed by atoms with van der Waals surface area (Å²) in [5.74, 6) is 0.396. The maximum absolute atomic E-state index is 11.4. The average molecular weight is 319 g/mol. The van der Waals surface area contributed by atoms with E-state index in [1.54, 1.807) is 12.1 Å². The van der Waals surface area contributed by atoms with Gasteiger partial charge in [0.1, 0.15) is 5.02 Å². The van der Waals surface area contributed by atoms with Crippen LogP contribution in [0.2, 0.25) is 5.02 Å². The molecule has 2 rings (SSSR count). The molecule has 0 bridgehead atoms. The van der Waals surface area contributed by atoms with E-state index in [0.29, 0.717) is 13.0 Å². The third-order valence-corrected chi connectivity index (χ3v) is 5.53. The van der Waals surface area contributed by atoms with Crippen molar-refractivity contribution in [1.82, 2.24) is 4.90 Å². The number of halogens is 1. The summed E-state index contributed by atoms with van der Waals surface area (Å²) in [6.45, 7) is 0.512. The van der Waals surface area contributed by atoms with E-state index in [0.717, 1.165) is 5.56 Å². The van der Waals surface area contributed by atoms with Crippen molar-refractivity contribution in [1.29, 1.82) is 0 Å². The number of benzene rings is 1. The first-order chi connectivity index (χ1) is 9.28. The van der Waals surface area contributed by atoms with Crippen molar-refractivity contribution in [2.45, 2.75) is 19.0 Å². The maximum Gasteiger partial charge on any atom is 0.287 e. The maximum atomic E-state index is 11.4. The molecular weight excluding hydrogens is 304 g/mol. The third-order valence-electron chi connectivity index (χ3n) is 3.47. The van der Waals surface area contributed by atoms with Gasteiger partial charge in [-0.3, -0.25) is 15.0 Å². The number of sulfone groups is 1. The van der Waals surface area contributed by atoms with Gasteiger partial charge in [-0.25, -0.2) is 8.42 Å². The summed E-state index contributed by atoms with van der Waals surface area (Å²) in [5.41, 5.74) is 0.703. The Hall–Kier alpha value is -1.18. The number of hydrogen-bond acceptors (Lipinski definition) is 5. The molecule has 1 aromatic rings. The Morgan fingerprint density at radius 2 is 2.20 bits per heavy atom. The quantitative estimate of drug-likeness (QED) is 0.625. The summed E-state index contributed by atoms with van der Waals surface area (Å²) in [4.78, 5) is 12.1. The van der Waals surface area contributed by atoms with Gasteiger partial charge in [-0.2, -0.15) is 0 Å². The van der Waals surface area contributed by atoms with Gasteiger partial charge in [0.15, 0.2) is 9.84 Å². The second kappa shape index (κ2) is 5.67. The summed E-state index contributed by atoms with van der Waals surface area (Å²) in [7, 11) is -1.07. The van der Waals surface area contributed by atoms with Crippen LogP contribution in [0, 0.1) is 10.1 Å². The number of nitro benzene ring substituents is 1. The topological polar surface area (TPSA) is 80.5 Å². The van der Waals surface area contributed by atoms with E-state index in [1.165, 1.54) is 6.07 Å². The molecule has 110 valence electrons. The minimum absolute atomic E-state index is 0.00559. The third kappa shape index (κ3) is 3.47. The molecule has 0 amide bonds. The van der Waals surface area contributed by atoms with E-state index >= 15 is 0 Å². The van der Waals surface area contributed by atoms with Gasteiger partial charge in [-0.1, -0.05) is 17.7 Å². The highest BCUT2D eigenvalue weighted by Gasteiger charge is 2.30. The van der Waals surface area contributed by atoms with Crippen LogP contribution in [0.4, 0.5) is 5.69 Å². The first-order valence-corrected chi connectivity index (χ1v) is 8.32. The molecule has 0 saturated carbocycles. The van der Waals surface area contributed by atoms with Gasteiger partial charge in [0, 0.05) is 18.7 Å². The van der Waals surface area contributed by atoms with Crippen LogP contribution in [0.1, 0.15) is 12.0 Å². The lowest BCUT2D eigenvalue weighted by Gasteiger charge is -2.23. The van der Waals surface area contributed by atoms with Crippen LogP contribution in [0.5, 0.6) is 0 Å². The molecule has 1 heterocycles. The minimum atomic E-state index is -2.92. The van der Waals surface area contributed by atoms with Crippen LogP contribution in [0.3, 0.4) is 0 Å². The summed E-state index contributed by atoms with van der Waals surface area (Å²) >= 11 is 5.86. The molecule has 0 aromatic heterocycles. The van der Waals surface area contributed by atoms with Gasteiger partial charge < -0.3 is 0 Å². The molecule has 0 unspecified atom stereocenters. The molecule has 20 heavy (non-hydrogen) atoms. The molecule has 0 N–H and O–H groups in total. The predicted octanol–water partition coefficient (Wildman–Crippen LogP) is 1.87. The largest absolute Gasteiger partial charge is 0.298 e. The van der Waals surface area contributed by atoms with E-state index in [-0.39, 0.29) is 28.3 Å². The lowest BCUT2D eigenvalue weighted by molar-refractivity contribution is -0.384. The fourth-order valence-corrected chi connectivity index (χ4v) is 4.41. The Balaban J connectivity index is 2.07. The van der Waals surface area contributed by atoms with Crippen LogP contribution in [0.15, 0.2) is 18.2 Å². The summed E-state index contributed by atoms with van der Waals surface area (Å²) in [5, 5.41) is 10.8. The minimum Gasteiger partial charge on any atom is -0.298 e. The Bertz CT molecular complexity index is 632. The van der Waals surface area contributed by atoms with Gasteiger partial charge in [-0.05, 0) is 25.1 Å². The molecule has 1 fully saturated rings. The molecule has 1 aliphatic heterocycles. The van der Waals surface area contributed by atoms with Gasteiger partial charge in [0.2, 0.25) is 0 Å². The molecule has 0 aliphatic carbocycles. The highest BCUT2D eigenvalue weighted by Crippen LogP contribution is 2.26. The first-order valence-electron chi connectivity index (χ1n) is 6.12. The monoisotopic (exact) mass is 318 g/mol. The van der Waals surface area contributed by atoms with Gasteiger partial charge >= 0.3 is 0 Å².